The second-order valence-corrected chi connectivity index (χ2v) is 3.66. The number of alkyl halides is 3. The molecular formula is C11H8F3NO. The van der Waals surface area contributed by atoms with Crippen LogP contribution < -0.4 is 0 Å². The van der Waals surface area contributed by atoms with Gasteiger partial charge in [-0.3, -0.25) is 9.79 Å². The highest BCUT2D eigenvalue weighted by Gasteiger charge is 2.32. The highest BCUT2D eigenvalue weighted by molar-refractivity contribution is 6.12. The molecule has 0 amide bonds. The van der Waals surface area contributed by atoms with E-state index in [0.717, 1.165) is 12.1 Å². The van der Waals surface area contributed by atoms with Crippen molar-refractivity contribution in [3.8, 4) is 0 Å². The number of aliphatic imine (C=N–C) groups is 1. The Bertz CT molecular complexity index is 477. The van der Waals surface area contributed by atoms with E-state index in [4.69, 9.17) is 0 Å². The van der Waals surface area contributed by atoms with Crippen LogP contribution >= 0.6 is 0 Å². The van der Waals surface area contributed by atoms with Crippen molar-refractivity contribution >= 4 is 17.7 Å². The number of halogens is 3. The van der Waals surface area contributed by atoms with Crippen LogP contribution in [0.3, 0.4) is 0 Å². The van der Waals surface area contributed by atoms with Crippen LogP contribution in [0.1, 0.15) is 22.8 Å². The molecule has 0 saturated carbocycles. The second kappa shape index (κ2) is 3.43. The molecule has 1 aliphatic heterocycles. The Balaban J connectivity index is 2.54. The molecule has 0 aromatic heterocycles. The minimum Gasteiger partial charge on any atom is -0.293 e. The average molecular weight is 227 g/mol. The van der Waals surface area contributed by atoms with Gasteiger partial charge >= 0.3 is 6.18 Å². The molecule has 2 rings (SSSR count). The van der Waals surface area contributed by atoms with E-state index in [9.17, 15) is 18.0 Å². The lowest BCUT2D eigenvalue weighted by Crippen LogP contribution is -2.17. The monoisotopic (exact) mass is 227 g/mol. The topological polar surface area (TPSA) is 29.4 Å². The lowest BCUT2D eigenvalue weighted by Gasteiger charge is -2.15. The van der Waals surface area contributed by atoms with Crippen molar-refractivity contribution in [1.82, 2.24) is 0 Å². The zero-order valence-corrected chi connectivity index (χ0v) is 8.38. The maximum atomic E-state index is 12.4. The number of hydrogen-bond donors (Lipinski definition) is 0. The van der Waals surface area contributed by atoms with E-state index in [0.29, 0.717) is 5.69 Å². The first-order chi connectivity index (χ1) is 7.39. The number of nitrogens with zero attached hydrogens (tertiary/aromatic N) is 1. The van der Waals surface area contributed by atoms with Crippen molar-refractivity contribution < 1.29 is 18.0 Å². The van der Waals surface area contributed by atoms with E-state index in [2.05, 4.69) is 4.99 Å². The SMILES string of the molecule is CC1C=Nc2ccc(C(F)(F)F)cc2C1=O. The minimum atomic E-state index is -4.43. The fourth-order valence-electron chi connectivity index (χ4n) is 1.53. The lowest BCUT2D eigenvalue weighted by molar-refractivity contribution is -0.137. The number of fused-ring (bicyclic) bond motifs is 1. The Morgan fingerprint density at radius 2 is 2.00 bits per heavy atom. The van der Waals surface area contributed by atoms with Crippen molar-refractivity contribution in [3.05, 3.63) is 29.3 Å². The third kappa shape index (κ3) is 1.73. The van der Waals surface area contributed by atoms with Crippen molar-refractivity contribution in [2.24, 2.45) is 10.9 Å². The van der Waals surface area contributed by atoms with E-state index < -0.39 is 17.7 Å². The van der Waals surface area contributed by atoms with Crippen LogP contribution in [0.25, 0.3) is 0 Å². The third-order valence-electron chi connectivity index (χ3n) is 2.44. The molecule has 2 nitrogen and oxygen atoms in total. The summed E-state index contributed by atoms with van der Waals surface area (Å²) in [5.74, 6) is -0.785. The summed E-state index contributed by atoms with van der Waals surface area (Å²) < 4.78 is 37.3. The van der Waals surface area contributed by atoms with Crippen molar-refractivity contribution in [2.75, 3.05) is 0 Å². The first-order valence-electron chi connectivity index (χ1n) is 4.69. The number of Topliss-reactive ketones (excluding diaryl/α,β-unsaturated/α-hetero) is 1. The van der Waals surface area contributed by atoms with Gasteiger partial charge in [0.15, 0.2) is 5.78 Å². The first kappa shape index (κ1) is 10.9. The number of carbonyl (C=O) groups excluding carboxylic acids is 1. The molecule has 0 bridgehead atoms. The lowest BCUT2D eigenvalue weighted by atomic mass is 9.94. The van der Waals surface area contributed by atoms with E-state index in [1.54, 1.807) is 6.92 Å². The van der Waals surface area contributed by atoms with Crippen molar-refractivity contribution in [1.29, 1.82) is 0 Å². The molecule has 0 saturated heterocycles. The predicted octanol–water partition coefficient (Wildman–Crippen LogP) is 3.24. The van der Waals surface area contributed by atoms with Gasteiger partial charge in [0, 0.05) is 11.8 Å². The Labute approximate surface area is 89.8 Å². The van der Waals surface area contributed by atoms with Crippen LogP contribution in [-0.4, -0.2) is 12.0 Å². The number of rotatable bonds is 0. The minimum absolute atomic E-state index is 0.0461. The van der Waals surface area contributed by atoms with Gasteiger partial charge in [0.1, 0.15) is 0 Å². The molecule has 0 spiro atoms. The molecule has 0 N–H and O–H groups in total. The van der Waals surface area contributed by atoms with Crippen LogP contribution in [0.4, 0.5) is 18.9 Å². The molecule has 0 fully saturated rings. The molecule has 16 heavy (non-hydrogen) atoms. The Hall–Kier alpha value is -1.65. The van der Waals surface area contributed by atoms with Crippen molar-refractivity contribution in [3.63, 3.8) is 0 Å². The summed E-state index contributed by atoms with van der Waals surface area (Å²) in [5.41, 5.74) is -0.468. The molecule has 1 unspecified atom stereocenters. The molecule has 5 heteroatoms. The van der Waals surface area contributed by atoms with E-state index >= 15 is 0 Å². The van der Waals surface area contributed by atoms with Gasteiger partial charge < -0.3 is 0 Å². The van der Waals surface area contributed by atoms with E-state index in [1.165, 1.54) is 12.3 Å². The van der Waals surface area contributed by atoms with Gasteiger partial charge in [0.05, 0.1) is 17.2 Å². The van der Waals surface area contributed by atoms with Gasteiger partial charge in [0.25, 0.3) is 0 Å². The zero-order valence-electron chi connectivity index (χ0n) is 8.38. The molecule has 0 aliphatic carbocycles. The molecule has 84 valence electrons. The Kier molecular flexibility index (Phi) is 2.33. The quantitative estimate of drug-likeness (QED) is 0.669. The second-order valence-electron chi connectivity index (χ2n) is 3.66. The third-order valence-corrected chi connectivity index (χ3v) is 2.44. The maximum absolute atomic E-state index is 12.4. The van der Waals surface area contributed by atoms with Crippen LogP contribution in [0.15, 0.2) is 23.2 Å². The van der Waals surface area contributed by atoms with Gasteiger partial charge in [0.2, 0.25) is 0 Å². The van der Waals surface area contributed by atoms with Crippen LogP contribution in [-0.2, 0) is 6.18 Å². The Morgan fingerprint density at radius 3 is 2.62 bits per heavy atom. The fraction of sp³-hybridized carbons (Fsp3) is 0.273. The van der Waals surface area contributed by atoms with Gasteiger partial charge in [-0.25, -0.2) is 0 Å². The molecule has 1 atom stereocenters. The van der Waals surface area contributed by atoms with Gasteiger partial charge in [-0.1, -0.05) is 6.92 Å². The molecule has 0 radical (unpaired) electrons. The van der Waals surface area contributed by atoms with Crippen molar-refractivity contribution in [2.45, 2.75) is 13.1 Å². The molecule has 1 aliphatic rings. The standard InChI is InChI=1S/C11H8F3NO/c1-6-5-15-9-3-2-7(11(12,13)14)4-8(9)10(6)16/h2-6H,1H3. The molecule has 1 heterocycles. The largest absolute Gasteiger partial charge is 0.416 e. The van der Waals surface area contributed by atoms with Gasteiger partial charge in [-0.05, 0) is 18.2 Å². The normalized spacial score (nSPS) is 19.8. The molecular weight excluding hydrogens is 219 g/mol. The van der Waals surface area contributed by atoms with Crippen LogP contribution in [0.5, 0.6) is 0 Å². The summed E-state index contributed by atoms with van der Waals surface area (Å²) in [7, 11) is 0. The maximum Gasteiger partial charge on any atom is 0.416 e. The number of ketones is 1. The zero-order chi connectivity index (χ0) is 11.9. The molecule has 1 aromatic carbocycles. The predicted molar refractivity (Wildman–Crippen MR) is 53.1 cm³/mol. The highest BCUT2D eigenvalue weighted by atomic mass is 19.4. The smallest absolute Gasteiger partial charge is 0.293 e. The Morgan fingerprint density at radius 1 is 1.31 bits per heavy atom. The number of benzene rings is 1. The van der Waals surface area contributed by atoms with Crippen LogP contribution in [0, 0.1) is 5.92 Å². The van der Waals surface area contributed by atoms with Gasteiger partial charge in [-0.2, -0.15) is 13.2 Å². The number of hydrogen-bond acceptors (Lipinski definition) is 2. The summed E-state index contributed by atoms with van der Waals surface area (Å²) >= 11 is 0. The van der Waals surface area contributed by atoms with Crippen LogP contribution in [0.2, 0.25) is 0 Å². The first-order valence-corrected chi connectivity index (χ1v) is 4.69. The number of carbonyl (C=O) groups is 1. The molecule has 1 aromatic rings. The summed E-state index contributed by atoms with van der Waals surface area (Å²) in [6.45, 7) is 1.61. The summed E-state index contributed by atoms with van der Waals surface area (Å²) in [5, 5.41) is 0. The fourth-order valence-corrected chi connectivity index (χ4v) is 1.53. The highest BCUT2D eigenvalue weighted by Crippen LogP contribution is 2.34. The van der Waals surface area contributed by atoms with E-state index in [-0.39, 0.29) is 11.3 Å². The summed E-state index contributed by atoms with van der Waals surface area (Å²) in [4.78, 5) is 15.6. The van der Waals surface area contributed by atoms with E-state index in [1.807, 2.05) is 0 Å². The summed E-state index contributed by atoms with van der Waals surface area (Å²) in [6.07, 6.45) is -2.99. The van der Waals surface area contributed by atoms with Gasteiger partial charge in [-0.15, -0.1) is 0 Å². The average Bonchev–Trinajstić information content (AvgIpc) is 2.22. The summed E-state index contributed by atoms with van der Waals surface area (Å²) in [6, 6.07) is 3.02.